The van der Waals surface area contributed by atoms with Gasteiger partial charge in [-0.25, -0.2) is 0 Å². The van der Waals surface area contributed by atoms with Gasteiger partial charge in [-0.2, -0.15) is 0 Å². The highest BCUT2D eigenvalue weighted by Gasteiger charge is 2.40. The van der Waals surface area contributed by atoms with E-state index in [1.807, 2.05) is 12.1 Å². The second kappa shape index (κ2) is 5.74. The Morgan fingerprint density at radius 1 is 1.25 bits per heavy atom. The molecule has 1 saturated heterocycles. The maximum Gasteiger partial charge on any atom is 0.124 e. The van der Waals surface area contributed by atoms with Crippen LogP contribution in [-0.2, 0) is 4.74 Å². The van der Waals surface area contributed by atoms with Crippen molar-refractivity contribution in [2.75, 3.05) is 20.2 Å². The topological polar surface area (TPSA) is 30.5 Å². The van der Waals surface area contributed by atoms with Gasteiger partial charge in [0.1, 0.15) is 5.75 Å². The van der Waals surface area contributed by atoms with Crippen LogP contribution in [0.15, 0.2) is 24.3 Å². The van der Waals surface area contributed by atoms with Crippen LogP contribution in [-0.4, -0.2) is 25.8 Å². The molecular weight excluding hydrogens is 250 g/mol. The zero-order valence-corrected chi connectivity index (χ0v) is 12.5. The summed E-state index contributed by atoms with van der Waals surface area (Å²) in [6.45, 7) is 4.21. The van der Waals surface area contributed by atoms with E-state index in [-0.39, 0.29) is 11.7 Å². The minimum absolute atomic E-state index is 0.0380. The Hall–Kier alpha value is -1.06. The number of ether oxygens (including phenoxy) is 2. The van der Waals surface area contributed by atoms with Crippen molar-refractivity contribution >= 4 is 0 Å². The molecule has 0 aromatic heterocycles. The summed E-state index contributed by atoms with van der Waals surface area (Å²) < 4.78 is 12.0. The Morgan fingerprint density at radius 2 is 2.00 bits per heavy atom. The number of morpholine rings is 1. The Balaban J connectivity index is 1.78. The van der Waals surface area contributed by atoms with Gasteiger partial charge in [0.25, 0.3) is 0 Å². The molecule has 1 aromatic carbocycles. The number of methoxy groups -OCH3 is 1. The van der Waals surface area contributed by atoms with Crippen LogP contribution in [0, 0.1) is 5.92 Å². The van der Waals surface area contributed by atoms with E-state index in [1.54, 1.807) is 7.11 Å². The van der Waals surface area contributed by atoms with E-state index in [0.717, 1.165) is 24.8 Å². The molecule has 20 heavy (non-hydrogen) atoms. The van der Waals surface area contributed by atoms with Crippen LogP contribution in [0.1, 0.15) is 44.3 Å². The van der Waals surface area contributed by atoms with Crippen molar-refractivity contribution in [1.82, 2.24) is 5.32 Å². The van der Waals surface area contributed by atoms with E-state index >= 15 is 0 Å². The summed E-state index contributed by atoms with van der Waals surface area (Å²) in [5.41, 5.74) is 1.20. The predicted octanol–water partition coefficient (Wildman–Crippen LogP) is 3.31. The van der Waals surface area contributed by atoms with Crippen molar-refractivity contribution in [3.8, 4) is 5.75 Å². The molecule has 1 heterocycles. The van der Waals surface area contributed by atoms with Gasteiger partial charge in [0.05, 0.1) is 18.8 Å². The number of para-hydroxylation sites is 1. The quantitative estimate of drug-likeness (QED) is 0.898. The second-order valence-corrected chi connectivity index (χ2v) is 6.34. The van der Waals surface area contributed by atoms with E-state index in [1.165, 1.54) is 31.2 Å². The fourth-order valence-corrected chi connectivity index (χ4v) is 3.50. The lowest BCUT2D eigenvalue weighted by Gasteiger charge is -2.45. The van der Waals surface area contributed by atoms with Gasteiger partial charge >= 0.3 is 0 Å². The highest BCUT2D eigenvalue weighted by Crippen LogP contribution is 2.41. The normalized spacial score (nSPS) is 34.1. The Kier molecular flexibility index (Phi) is 3.99. The SMILES string of the molecule is COc1ccccc1C1CNCC2(CCC(C)CC2)O1. The molecule has 0 amide bonds. The molecular formula is C17H25NO2. The number of benzene rings is 1. The number of hydrogen-bond donors (Lipinski definition) is 1. The molecule has 0 radical (unpaired) electrons. The molecule has 3 heteroatoms. The summed E-state index contributed by atoms with van der Waals surface area (Å²) in [4.78, 5) is 0. The van der Waals surface area contributed by atoms with Crippen molar-refractivity contribution in [3.63, 3.8) is 0 Å². The molecule has 2 aliphatic rings. The maximum absolute atomic E-state index is 6.55. The third kappa shape index (κ3) is 2.70. The van der Waals surface area contributed by atoms with Crippen LogP contribution in [0.2, 0.25) is 0 Å². The van der Waals surface area contributed by atoms with E-state index in [2.05, 4.69) is 24.4 Å². The molecule has 1 aromatic rings. The van der Waals surface area contributed by atoms with Gasteiger partial charge in [0.2, 0.25) is 0 Å². The van der Waals surface area contributed by atoms with E-state index < -0.39 is 0 Å². The summed E-state index contributed by atoms with van der Waals surface area (Å²) in [7, 11) is 1.73. The van der Waals surface area contributed by atoms with E-state index in [0.29, 0.717) is 0 Å². The molecule has 1 aliphatic heterocycles. The average Bonchev–Trinajstić information content (AvgIpc) is 2.51. The Labute approximate surface area is 121 Å². The molecule has 1 spiro atoms. The molecule has 1 aliphatic carbocycles. The second-order valence-electron chi connectivity index (χ2n) is 6.34. The molecule has 110 valence electrons. The molecule has 3 rings (SSSR count). The lowest BCUT2D eigenvalue weighted by Crippen LogP contribution is -2.52. The predicted molar refractivity (Wildman–Crippen MR) is 80.1 cm³/mol. The maximum atomic E-state index is 6.55. The first kappa shape index (κ1) is 13.9. The van der Waals surface area contributed by atoms with Crippen LogP contribution in [0.25, 0.3) is 0 Å². The average molecular weight is 275 g/mol. The van der Waals surface area contributed by atoms with Crippen LogP contribution in [0.4, 0.5) is 0 Å². The van der Waals surface area contributed by atoms with Gasteiger partial charge < -0.3 is 14.8 Å². The lowest BCUT2D eigenvalue weighted by atomic mass is 9.78. The number of rotatable bonds is 2. The first-order chi connectivity index (χ1) is 9.72. The van der Waals surface area contributed by atoms with Crippen LogP contribution >= 0.6 is 0 Å². The Bertz CT molecular complexity index is 452. The summed E-state index contributed by atoms with van der Waals surface area (Å²) in [6, 6.07) is 8.21. The van der Waals surface area contributed by atoms with Gasteiger partial charge in [-0.1, -0.05) is 25.1 Å². The fourth-order valence-electron chi connectivity index (χ4n) is 3.50. The monoisotopic (exact) mass is 275 g/mol. The van der Waals surface area contributed by atoms with Gasteiger partial charge in [-0.15, -0.1) is 0 Å². The van der Waals surface area contributed by atoms with Crippen LogP contribution in [0.3, 0.4) is 0 Å². The van der Waals surface area contributed by atoms with Crippen molar-refractivity contribution in [2.24, 2.45) is 5.92 Å². The standard InChI is InChI=1S/C17H25NO2/c1-13-7-9-17(10-8-13)12-18-11-16(20-17)14-5-3-4-6-15(14)19-2/h3-6,13,16,18H,7-12H2,1-2H3. The molecule has 2 fully saturated rings. The molecule has 1 atom stereocenters. The zero-order chi connectivity index (χ0) is 14.0. The fraction of sp³-hybridized carbons (Fsp3) is 0.647. The first-order valence-electron chi connectivity index (χ1n) is 7.74. The van der Waals surface area contributed by atoms with Gasteiger partial charge in [0.15, 0.2) is 0 Å². The van der Waals surface area contributed by atoms with E-state index in [9.17, 15) is 0 Å². The molecule has 3 nitrogen and oxygen atoms in total. The zero-order valence-electron chi connectivity index (χ0n) is 12.5. The number of nitrogens with one attached hydrogen (secondary N) is 1. The molecule has 1 unspecified atom stereocenters. The lowest BCUT2D eigenvalue weighted by molar-refractivity contribution is -0.140. The largest absolute Gasteiger partial charge is 0.496 e. The minimum Gasteiger partial charge on any atom is -0.496 e. The summed E-state index contributed by atoms with van der Waals surface area (Å²) in [6.07, 6.45) is 5.01. The minimum atomic E-state index is 0.0380. The summed E-state index contributed by atoms with van der Waals surface area (Å²) in [5, 5.41) is 3.58. The van der Waals surface area contributed by atoms with Crippen molar-refractivity contribution in [3.05, 3.63) is 29.8 Å². The van der Waals surface area contributed by atoms with Crippen molar-refractivity contribution in [1.29, 1.82) is 0 Å². The number of hydrogen-bond acceptors (Lipinski definition) is 3. The van der Waals surface area contributed by atoms with Gasteiger partial charge in [-0.05, 0) is 37.7 Å². The highest BCUT2D eigenvalue weighted by molar-refractivity contribution is 5.35. The van der Waals surface area contributed by atoms with Crippen LogP contribution < -0.4 is 10.1 Å². The third-order valence-corrected chi connectivity index (χ3v) is 4.84. The smallest absolute Gasteiger partial charge is 0.124 e. The van der Waals surface area contributed by atoms with Crippen LogP contribution in [0.5, 0.6) is 5.75 Å². The first-order valence-corrected chi connectivity index (χ1v) is 7.74. The molecule has 1 N–H and O–H groups in total. The van der Waals surface area contributed by atoms with Gasteiger partial charge in [0, 0.05) is 18.7 Å². The van der Waals surface area contributed by atoms with E-state index in [4.69, 9.17) is 9.47 Å². The Morgan fingerprint density at radius 3 is 2.75 bits per heavy atom. The summed E-state index contributed by atoms with van der Waals surface area (Å²) >= 11 is 0. The van der Waals surface area contributed by atoms with Crippen molar-refractivity contribution < 1.29 is 9.47 Å². The molecule has 0 bridgehead atoms. The molecule has 1 saturated carbocycles. The van der Waals surface area contributed by atoms with Gasteiger partial charge in [-0.3, -0.25) is 0 Å². The van der Waals surface area contributed by atoms with Crippen molar-refractivity contribution in [2.45, 2.75) is 44.3 Å². The summed E-state index contributed by atoms with van der Waals surface area (Å²) in [5.74, 6) is 1.77. The third-order valence-electron chi connectivity index (χ3n) is 4.84. The highest BCUT2D eigenvalue weighted by atomic mass is 16.5.